The maximum Gasteiger partial charge on any atom is 0.298 e. The first kappa shape index (κ1) is 9.23. The number of fused-ring (bicyclic) bond motifs is 1. The molecule has 1 N–H and O–H groups in total. The molecule has 0 saturated heterocycles. The van der Waals surface area contributed by atoms with E-state index >= 15 is 0 Å². The van der Waals surface area contributed by atoms with Crippen molar-refractivity contribution in [3.05, 3.63) is 16.6 Å². The van der Waals surface area contributed by atoms with Crippen LogP contribution in [0.25, 0.3) is 11.0 Å². The minimum Gasteiger partial charge on any atom is -0.423 e. The number of rotatable bonds is 2. The molecule has 7 heteroatoms. The van der Waals surface area contributed by atoms with Crippen molar-refractivity contribution >= 4 is 40.7 Å². The van der Waals surface area contributed by atoms with Crippen molar-refractivity contribution in [2.75, 3.05) is 0 Å². The van der Waals surface area contributed by atoms with Crippen LogP contribution in [0.2, 0.25) is 10.3 Å². The van der Waals surface area contributed by atoms with Gasteiger partial charge in [0.25, 0.3) is 6.47 Å². The highest BCUT2D eigenvalue weighted by atomic mass is 35.5. The molecule has 0 fully saturated rings. The zero-order chi connectivity index (χ0) is 10.1. The van der Waals surface area contributed by atoms with Crippen LogP contribution in [0.3, 0.4) is 0 Å². The Labute approximate surface area is 88.0 Å². The van der Waals surface area contributed by atoms with E-state index in [1.54, 1.807) is 0 Å². The molecule has 2 aromatic rings. The van der Waals surface area contributed by atoms with Gasteiger partial charge in [-0.05, 0) is 0 Å². The average molecular weight is 232 g/mol. The summed E-state index contributed by atoms with van der Waals surface area (Å²) in [4.78, 5) is 20.6. The number of ether oxygens (including phenoxy) is 1. The molecule has 0 atom stereocenters. The highest BCUT2D eigenvalue weighted by Gasteiger charge is 2.14. The fourth-order valence-corrected chi connectivity index (χ4v) is 1.57. The molecule has 0 radical (unpaired) electrons. The third-order valence-corrected chi connectivity index (χ3v) is 2.13. The number of carbonyl (C=O) groups is 1. The predicted octanol–water partition coefficient (Wildman–Crippen LogP) is 1.80. The van der Waals surface area contributed by atoms with Crippen LogP contribution < -0.4 is 4.74 Å². The van der Waals surface area contributed by atoms with Crippen LogP contribution in [0.15, 0.2) is 6.33 Å². The standard InChI is InChI=1S/C7H3Cl2N3O2/c8-6-4-3(10-1-11-4)5(14-2-13)7(9)12-6/h1-2H,(H,10,11). The summed E-state index contributed by atoms with van der Waals surface area (Å²) in [6.45, 7) is 0.261. The molecule has 0 amide bonds. The SMILES string of the molecule is O=COc1c(Cl)nc(Cl)c2nc[nH]c12. The molecule has 2 heterocycles. The molecular formula is C7H3Cl2N3O2. The fraction of sp³-hybridized carbons (Fsp3) is 0. The number of hydrogen-bond donors (Lipinski definition) is 1. The Bertz CT molecular complexity index is 497. The van der Waals surface area contributed by atoms with E-state index in [2.05, 4.69) is 19.7 Å². The Morgan fingerprint density at radius 3 is 2.93 bits per heavy atom. The zero-order valence-electron chi connectivity index (χ0n) is 6.62. The number of pyridine rings is 1. The number of H-pyrrole nitrogens is 1. The second-order valence-corrected chi connectivity index (χ2v) is 3.08. The van der Waals surface area contributed by atoms with Crippen LogP contribution in [0, 0.1) is 0 Å². The van der Waals surface area contributed by atoms with Crippen molar-refractivity contribution in [1.82, 2.24) is 15.0 Å². The van der Waals surface area contributed by atoms with Crippen LogP contribution in [0.5, 0.6) is 5.75 Å². The summed E-state index contributed by atoms with van der Waals surface area (Å²) < 4.78 is 4.66. The van der Waals surface area contributed by atoms with Crippen molar-refractivity contribution in [3.8, 4) is 5.75 Å². The highest BCUT2D eigenvalue weighted by Crippen LogP contribution is 2.32. The monoisotopic (exact) mass is 231 g/mol. The summed E-state index contributed by atoms with van der Waals surface area (Å²) in [5.41, 5.74) is 0.856. The summed E-state index contributed by atoms with van der Waals surface area (Å²) in [6, 6.07) is 0. The van der Waals surface area contributed by atoms with Crippen LogP contribution in [0.1, 0.15) is 0 Å². The van der Waals surface area contributed by atoms with Crippen molar-refractivity contribution in [2.45, 2.75) is 0 Å². The van der Waals surface area contributed by atoms with E-state index in [4.69, 9.17) is 23.2 Å². The van der Waals surface area contributed by atoms with Gasteiger partial charge in [-0.15, -0.1) is 0 Å². The van der Waals surface area contributed by atoms with Gasteiger partial charge in [-0.25, -0.2) is 9.97 Å². The van der Waals surface area contributed by atoms with Gasteiger partial charge >= 0.3 is 0 Å². The quantitative estimate of drug-likeness (QED) is 0.633. The first-order valence-corrected chi connectivity index (χ1v) is 4.28. The van der Waals surface area contributed by atoms with Gasteiger partial charge in [0.1, 0.15) is 11.0 Å². The largest absolute Gasteiger partial charge is 0.423 e. The van der Waals surface area contributed by atoms with Gasteiger partial charge in [0.15, 0.2) is 16.1 Å². The molecule has 0 unspecified atom stereocenters. The van der Waals surface area contributed by atoms with E-state index in [0.29, 0.717) is 11.0 Å². The lowest BCUT2D eigenvalue weighted by atomic mass is 10.4. The van der Waals surface area contributed by atoms with Gasteiger partial charge in [0, 0.05) is 0 Å². The molecular weight excluding hydrogens is 229 g/mol. The Balaban J connectivity index is 2.79. The van der Waals surface area contributed by atoms with E-state index in [-0.39, 0.29) is 22.5 Å². The fourth-order valence-electron chi connectivity index (χ4n) is 1.07. The van der Waals surface area contributed by atoms with Crippen molar-refractivity contribution < 1.29 is 9.53 Å². The summed E-state index contributed by atoms with van der Waals surface area (Å²) in [7, 11) is 0. The molecule has 14 heavy (non-hydrogen) atoms. The van der Waals surface area contributed by atoms with Gasteiger partial charge in [-0.2, -0.15) is 0 Å². The van der Waals surface area contributed by atoms with Gasteiger partial charge < -0.3 is 9.72 Å². The predicted molar refractivity (Wildman–Crippen MR) is 50.6 cm³/mol. The van der Waals surface area contributed by atoms with E-state index in [9.17, 15) is 4.79 Å². The number of hydrogen-bond acceptors (Lipinski definition) is 4. The van der Waals surface area contributed by atoms with Gasteiger partial charge in [-0.3, -0.25) is 4.79 Å². The molecule has 0 saturated carbocycles. The Morgan fingerprint density at radius 2 is 2.21 bits per heavy atom. The summed E-state index contributed by atoms with van der Waals surface area (Å²) in [6.07, 6.45) is 1.41. The van der Waals surface area contributed by atoms with E-state index in [0.717, 1.165) is 0 Å². The maximum atomic E-state index is 10.2. The summed E-state index contributed by atoms with van der Waals surface area (Å²) >= 11 is 11.5. The molecule has 72 valence electrons. The number of halogens is 2. The Kier molecular flexibility index (Phi) is 2.26. The first-order chi connectivity index (χ1) is 6.74. The molecule has 0 aliphatic rings. The maximum absolute atomic E-state index is 10.2. The van der Waals surface area contributed by atoms with E-state index < -0.39 is 0 Å². The van der Waals surface area contributed by atoms with Gasteiger partial charge in [-0.1, -0.05) is 23.2 Å². The lowest BCUT2D eigenvalue weighted by molar-refractivity contribution is -0.120. The lowest BCUT2D eigenvalue weighted by Crippen LogP contribution is -1.93. The minimum atomic E-state index is 0.0128. The van der Waals surface area contributed by atoms with E-state index in [1.165, 1.54) is 6.33 Å². The number of carbonyl (C=O) groups excluding carboxylic acids is 1. The first-order valence-electron chi connectivity index (χ1n) is 3.52. The van der Waals surface area contributed by atoms with Crippen LogP contribution in [0.4, 0.5) is 0 Å². The molecule has 0 bridgehead atoms. The van der Waals surface area contributed by atoms with Crippen LogP contribution in [-0.2, 0) is 4.79 Å². The molecule has 0 aliphatic carbocycles. The summed E-state index contributed by atoms with van der Waals surface area (Å²) in [5, 5.41) is 0.170. The Hall–Kier alpha value is -1.33. The summed E-state index contributed by atoms with van der Waals surface area (Å²) in [5.74, 6) is 0.124. The molecule has 2 rings (SSSR count). The third-order valence-electron chi connectivity index (χ3n) is 1.61. The minimum absolute atomic E-state index is 0.0128. The molecule has 2 aromatic heterocycles. The molecule has 0 spiro atoms. The zero-order valence-corrected chi connectivity index (χ0v) is 8.13. The van der Waals surface area contributed by atoms with E-state index in [1.807, 2.05) is 0 Å². The molecule has 0 aliphatic heterocycles. The number of aromatic nitrogens is 3. The van der Waals surface area contributed by atoms with Crippen molar-refractivity contribution in [2.24, 2.45) is 0 Å². The van der Waals surface area contributed by atoms with Crippen molar-refractivity contribution in [3.63, 3.8) is 0 Å². The normalized spacial score (nSPS) is 10.4. The second kappa shape index (κ2) is 3.43. The van der Waals surface area contributed by atoms with Crippen LogP contribution in [-0.4, -0.2) is 21.4 Å². The second-order valence-electron chi connectivity index (χ2n) is 2.36. The Morgan fingerprint density at radius 1 is 1.43 bits per heavy atom. The number of nitrogens with zero attached hydrogens (tertiary/aromatic N) is 2. The smallest absolute Gasteiger partial charge is 0.298 e. The number of aromatic amines is 1. The lowest BCUT2D eigenvalue weighted by Gasteiger charge is -2.01. The third kappa shape index (κ3) is 1.30. The van der Waals surface area contributed by atoms with Gasteiger partial charge in [0.2, 0.25) is 0 Å². The topological polar surface area (TPSA) is 67.9 Å². The van der Waals surface area contributed by atoms with Crippen molar-refractivity contribution in [1.29, 1.82) is 0 Å². The highest BCUT2D eigenvalue weighted by molar-refractivity contribution is 6.37. The number of nitrogens with one attached hydrogen (secondary N) is 1. The number of imidazole rings is 1. The van der Waals surface area contributed by atoms with Crippen LogP contribution >= 0.6 is 23.2 Å². The molecule has 5 nitrogen and oxygen atoms in total. The van der Waals surface area contributed by atoms with Gasteiger partial charge in [0.05, 0.1) is 6.33 Å². The molecule has 0 aromatic carbocycles. The average Bonchev–Trinajstić information content (AvgIpc) is 2.60.